The van der Waals surface area contributed by atoms with E-state index in [4.69, 9.17) is 15.2 Å². The van der Waals surface area contributed by atoms with Gasteiger partial charge in [-0.25, -0.2) is 4.79 Å². The summed E-state index contributed by atoms with van der Waals surface area (Å²) in [5.74, 6) is 2.41. The number of alkyl halides is 3. The first-order chi connectivity index (χ1) is 13.7. The number of carbonyl (C=O) groups excluding carboxylic acids is 1. The molecule has 1 aliphatic rings. The van der Waals surface area contributed by atoms with E-state index in [9.17, 15) is 27.9 Å². The van der Waals surface area contributed by atoms with E-state index >= 15 is 0 Å². The fourth-order valence-electron chi connectivity index (χ4n) is 2.55. The summed E-state index contributed by atoms with van der Waals surface area (Å²) in [6.07, 6.45) is -3.96. The Kier molecular flexibility index (Phi) is 7.38. The SMILES string of the molecule is C=CCOC1C[C@H](n2cc(C#CCNC(=O)C(F)(F)F)c(N)nc2=O)O[C@@H]1CO. The van der Waals surface area contributed by atoms with E-state index in [0.29, 0.717) is 0 Å². The van der Waals surface area contributed by atoms with Gasteiger partial charge in [-0.2, -0.15) is 18.2 Å². The number of nitrogens with one attached hydrogen (secondary N) is 1. The van der Waals surface area contributed by atoms with Crippen LogP contribution in [0.15, 0.2) is 23.6 Å². The molecule has 1 aromatic rings. The first-order valence-electron chi connectivity index (χ1n) is 8.38. The maximum atomic E-state index is 12.2. The number of hydrogen-bond donors (Lipinski definition) is 3. The standard InChI is InChI=1S/C17H19F3N4O5/c1-2-6-28-11-7-13(29-12(11)9-25)24-8-10(14(21)23-16(24)27)4-3-5-22-15(26)17(18,19)20/h2,8,11-13,25H,1,5-7,9H2,(H,22,26)(H2,21,23,27)/t11?,12-,13-/m1/s1. The average Bonchev–Trinajstić information content (AvgIpc) is 3.06. The maximum absolute atomic E-state index is 12.2. The molecule has 1 aromatic heterocycles. The average molecular weight is 416 g/mol. The number of aromatic nitrogens is 2. The number of anilines is 1. The summed E-state index contributed by atoms with van der Waals surface area (Å²) >= 11 is 0. The molecule has 1 aliphatic heterocycles. The van der Waals surface area contributed by atoms with Gasteiger partial charge in [0.15, 0.2) is 0 Å². The Morgan fingerprint density at radius 3 is 2.93 bits per heavy atom. The summed E-state index contributed by atoms with van der Waals surface area (Å²) in [6, 6.07) is 0. The normalized spacial score (nSPS) is 21.3. The third-order valence-electron chi connectivity index (χ3n) is 3.90. The number of amides is 1. The van der Waals surface area contributed by atoms with Gasteiger partial charge in [-0.05, 0) is 0 Å². The van der Waals surface area contributed by atoms with Gasteiger partial charge in [0.25, 0.3) is 0 Å². The Bertz CT molecular complexity index is 875. The zero-order valence-corrected chi connectivity index (χ0v) is 15.1. The Hall–Kier alpha value is -2.88. The smallest absolute Gasteiger partial charge is 0.394 e. The van der Waals surface area contributed by atoms with Crippen molar-refractivity contribution in [1.29, 1.82) is 0 Å². The van der Waals surface area contributed by atoms with Gasteiger partial charge in [-0.15, -0.1) is 6.58 Å². The number of nitrogens with two attached hydrogens (primary N) is 1. The van der Waals surface area contributed by atoms with Gasteiger partial charge in [-0.1, -0.05) is 17.9 Å². The fourth-order valence-corrected chi connectivity index (χ4v) is 2.55. The summed E-state index contributed by atoms with van der Waals surface area (Å²) in [5, 5.41) is 11.0. The first kappa shape index (κ1) is 22.4. The minimum Gasteiger partial charge on any atom is -0.394 e. The van der Waals surface area contributed by atoms with Crippen molar-refractivity contribution in [2.75, 3.05) is 25.5 Å². The molecule has 158 valence electrons. The molecule has 0 aromatic carbocycles. The molecule has 0 saturated carbocycles. The van der Waals surface area contributed by atoms with Crippen molar-refractivity contribution < 1.29 is 32.5 Å². The molecule has 0 spiro atoms. The molecule has 29 heavy (non-hydrogen) atoms. The second kappa shape index (κ2) is 9.55. The lowest BCUT2D eigenvalue weighted by Crippen LogP contribution is -2.36. The van der Waals surface area contributed by atoms with Crippen LogP contribution in [-0.4, -0.2) is 58.7 Å². The van der Waals surface area contributed by atoms with Crippen molar-refractivity contribution in [1.82, 2.24) is 14.9 Å². The minimum absolute atomic E-state index is 0.0606. The van der Waals surface area contributed by atoms with Crippen LogP contribution in [0.4, 0.5) is 19.0 Å². The van der Waals surface area contributed by atoms with Crippen LogP contribution in [0.25, 0.3) is 0 Å². The number of nitrogen functional groups attached to an aromatic ring is 1. The molecule has 12 heteroatoms. The number of ether oxygens (including phenoxy) is 2. The molecule has 3 atom stereocenters. The minimum atomic E-state index is -5.01. The molecular weight excluding hydrogens is 397 g/mol. The van der Waals surface area contributed by atoms with Crippen LogP contribution >= 0.6 is 0 Å². The van der Waals surface area contributed by atoms with Crippen molar-refractivity contribution >= 4 is 11.7 Å². The number of carbonyl (C=O) groups is 1. The number of aliphatic hydroxyl groups excluding tert-OH is 1. The lowest BCUT2D eigenvalue weighted by atomic mass is 10.2. The molecule has 4 N–H and O–H groups in total. The van der Waals surface area contributed by atoms with Gasteiger partial charge >= 0.3 is 17.8 Å². The lowest BCUT2D eigenvalue weighted by molar-refractivity contribution is -0.173. The lowest BCUT2D eigenvalue weighted by Gasteiger charge is -2.15. The van der Waals surface area contributed by atoms with Gasteiger partial charge in [0, 0.05) is 12.6 Å². The summed E-state index contributed by atoms with van der Waals surface area (Å²) in [7, 11) is 0. The first-order valence-corrected chi connectivity index (χ1v) is 8.38. The number of halogens is 3. The van der Waals surface area contributed by atoms with Crippen LogP contribution in [0.2, 0.25) is 0 Å². The number of rotatable bonds is 6. The van der Waals surface area contributed by atoms with Gasteiger partial charge in [0.1, 0.15) is 18.1 Å². The molecule has 2 rings (SSSR count). The highest BCUT2D eigenvalue weighted by atomic mass is 19.4. The van der Waals surface area contributed by atoms with Crippen LogP contribution < -0.4 is 16.7 Å². The third-order valence-corrected chi connectivity index (χ3v) is 3.90. The second-order valence-electron chi connectivity index (χ2n) is 5.92. The molecule has 1 unspecified atom stereocenters. The molecule has 9 nitrogen and oxygen atoms in total. The molecule has 0 bridgehead atoms. The fraction of sp³-hybridized carbons (Fsp3) is 0.471. The van der Waals surface area contributed by atoms with Crippen molar-refractivity contribution in [2.45, 2.75) is 31.0 Å². The molecule has 0 radical (unpaired) electrons. The largest absolute Gasteiger partial charge is 0.471 e. The molecular formula is C17H19F3N4O5. The highest BCUT2D eigenvalue weighted by molar-refractivity contribution is 5.81. The number of aliphatic hydroxyl groups is 1. The zero-order valence-electron chi connectivity index (χ0n) is 15.1. The van der Waals surface area contributed by atoms with Gasteiger partial charge in [0.2, 0.25) is 0 Å². The Morgan fingerprint density at radius 2 is 2.31 bits per heavy atom. The second-order valence-corrected chi connectivity index (χ2v) is 5.92. The molecule has 0 aliphatic carbocycles. The molecule has 2 heterocycles. The molecule has 1 fully saturated rings. The van der Waals surface area contributed by atoms with Gasteiger partial charge < -0.3 is 25.6 Å². The maximum Gasteiger partial charge on any atom is 0.471 e. The predicted molar refractivity (Wildman–Crippen MR) is 94.4 cm³/mol. The highest BCUT2D eigenvalue weighted by Gasteiger charge is 2.38. The topological polar surface area (TPSA) is 129 Å². The molecule has 1 saturated heterocycles. The van der Waals surface area contributed by atoms with Crippen LogP contribution in [0.3, 0.4) is 0 Å². The van der Waals surface area contributed by atoms with Gasteiger partial charge in [0.05, 0.1) is 31.4 Å². The summed E-state index contributed by atoms with van der Waals surface area (Å²) in [4.78, 5) is 26.5. The van der Waals surface area contributed by atoms with Crippen LogP contribution in [0.1, 0.15) is 18.2 Å². The number of hydrogen-bond acceptors (Lipinski definition) is 7. The summed E-state index contributed by atoms with van der Waals surface area (Å²) < 4.78 is 48.6. The van der Waals surface area contributed by atoms with E-state index in [1.165, 1.54) is 12.3 Å². The van der Waals surface area contributed by atoms with Crippen molar-refractivity contribution in [3.05, 3.63) is 34.9 Å². The van der Waals surface area contributed by atoms with Crippen LogP contribution in [0, 0.1) is 11.8 Å². The van der Waals surface area contributed by atoms with Crippen LogP contribution in [-0.2, 0) is 14.3 Å². The van der Waals surface area contributed by atoms with Crippen molar-refractivity contribution in [3.63, 3.8) is 0 Å². The van der Waals surface area contributed by atoms with E-state index in [2.05, 4.69) is 23.4 Å². The summed E-state index contributed by atoms with van der Waals surface area (Å²) in [6.45, 7) is 2.85. The quantitative estimate of drug-likeness (QED) is 0.429. The Balaban J connectivity index is 2.16. The van der Waals surface area contributed by atoms with E-state index in [1.807, 2.05) is 0 Å². The monoisotopic (exact) mass is 416 g/mol. The Morgan fingerprint density at radius 1 is 1.59 bits per heavy atom. The van der Waals surface area contributed by atoms with E-state index in [0.717, 1.165) is 4.57 Å². The highest BCUT2D eigenvalue weighted by Crippen LogP contribution is 2.30. The predicted octanol–water partition coefficient (Wildman–Crippen LogP) is -0.293. The molecule has 1 amide bonds. The van der Waals surface area contributed by atoms with Gasteiger partial charge in [-0.3, -0.25) is 9.36 Å². The summed E-state index contributed by atoms with van der Waals surface area (Å²) in [5.41, 5.74) is 4.96. The number of nitrogens with zero attached hydrogens (tertiary/aromatic N) is 2. The van der Waals surface area contributed by atoms with Crippen LogP contribution in [0.5, 0.6) is 0 Å². The van der Waals surface area contributed by atoms with E-state index in [1.54, 1.807) is 5.32 Å². The van der Waals surface area contributed by atoms with Crippen molar-refractivity contribution in [3.8, 4) is 11.8 Å². The zero-order chi connectivity index (χ0) is 21.6. The Labute approximate surface area is 163 Å². The van der Waals surface area contributed by atoms with E-state index in [-0.39, 0.29) is 31.0 Å². The van der Waals surface area contributed by atoms with Crippen molar-refractivity contribution in [2.24, 2.45) is 0 Å². The van der Waals surface area contributed by atoms with E-state index < -0.39 is 42.8 Å². The third kappa shape index (κ3) is 5.80.